The first kappa shape index (κ1) is 15.1. The van der Waals surface area contributed by atoms with E-state index >= 15 is 0 Å². The number of fused-ring (bicyclic) bond motifs is 1. The second-order valence-corrected chi connectivity index (χ2v) is 5.33. The number of benzene rings is 1. The molecule has 0 aliphatic heterocycles. The molecule has 0 saturated heterocycles. The molecule has 1 amide bonds. The third-order valence-corrected chi connectivity index (χ3v) is 3.72. The van der Waals surface area contributed by atoms with Gasteiger partial charge in [0.15, 0.2) is 0 Å². The summed E-state index contributed by atoms with van der Waals surface area (Å²) in [4.78, 5) is 16.3. The molecular formula is C17H18N2O4. The van der Waals surface area contributed by atoms with Gasteiger partial charge >= 0.3 is 0 Å². The number of hydrogen-bond donors (Lipinski definition) is 1. The van der Waals surface area contributed by atoms with Crippen LogP contribution in [0.25, 0.3) is 11.0 Å². The lowest BCUT2D eigenvalue weighted by atomic mass is 10.1. The van der Waals surface area contributed by atoms with Crippen molar-refractivity contribution in [3.8, 4) is 5.75 Å². The van der Waals surface area contributed by atoms with Gasteiger partial charge in [-0.15, -0.1) is 0 Å². The number of nitrogens with zero attached hydrogens (tertiary/aromatic N) is 1. The fourth-order valence-corrected chi connectivity index (χ4v) is 2.35. The molecular weight excluding hydrogens is 296 g/mol. The fourth-order valence-electron chi connectivity index (χ4n) is 2.35. The number of ether oxygens (including phenoxy) is 1. The van der Waals surface area contributed by atoms with Crippen molar-refractivity contribution >= 4 is 16.9 Å². The van der Waals surface area contributed by atoms with Crippen molar-refractivity contribution in [1.29, 1.82) is 0 Å². The standard InChI is InChI=1S/C17H18N2O4/c1-10-11(2)23-17(19-10)8-18-16(20)6-12-9-22-15-7-13(21-3)4-5-14(12)15/h4-5,7,9H,6,8H2,1-3H3,(H,18,20). The molecule has 23 heavy (non-hydrogen) atoms. The minimum absolute atomic E-state index is 0.114. The zero-order chi connectivity index (χ0) is 16.4. The van der Waals surface area contributed by atoms with E-state index in [0.29, 0.717) is 11.5 Å². The maximum absolute atomic E-state index is 12.1. The lowest BCUT2D eigenvalue weighted by Crippen LogP contribution is -2.24. The third kappa shape index (κ3) is 3.21. The summed E-state index contributed by atoms with van der Waals surface area (Å²) in [5, 5.41) is 3.71. The van der Waals surface area contributed by atoms with Crippen molar-refractivity contribution in [3.63, 3.8) is 0 Å². The Balaban J connectivity index is 1.65. The number of nitrogens with one attached hydrogen (secondary N) is 1. The number of carbonyl (C=O) groups excluding carboxylic acids is 1. The minimum atomic E-state index is -0.114. The van der Waals surface area contributed by atoms with Crippen molar-refractivity contribution in [2.24, 2.45) is 0 Å². The molecule has 2 heterocycles. The minimum Gasteiger partial charge on any atom is -0.497 e. The van der Waals surface area contributed by atoms with Gasteiger partial charge < -0.3 is 18.9 Å². The van der Waals surface area contributed by atoms with Crippen LogP contribution in [0.1, 0.15) is 22.9 Å². The molecule has 6 heteroatoms. The number of hydrogen-bond acceptors (Lipinski definition) is 5. The van der Waals surface area contributed by atoms with E-state index in [-0.39, 0.29) is 18.9 Å². The number of aromatic nitrogens is 1. The van der Waals surface area contributed by atoms with E-state index in [9.17, 15) is 4.79 Å². The van der Waals surface area contributed by atoms with Gasteiger partial charge in [0.1, 0.15) is 17.1 Å². The quantitative estimate of drug-likeness (QED) is 0.783. The monoisotopic (exact) mass is 314 g/mol. The molecule has 0 fully saturated rings. The van der Waals surface area contributed by atoms with Crippen LogP contribution in [0.2, 0.25) is 0 Å². The van der Waals surface area contributed by atoms with Gasteiger partial charge in [-0.3, -0.25) is 4.79 Å². The Morgan fingerprint density at radius 3 is 2.87 bits per heavy atom. The first-order chi connectivity index (χ1) is 11.1. The molecule has 1 N–H and O–H groups in total. The van der Waals surface area contributed by atoms with E-state index in [1.165, 1.54) is 0 Å². The summed E-state index contributed by atoms with van der Waals surface area (Å²) in [6.07, 6.45) is 1.83. The number of methoxy groups -OCH3 is 1. The normalized spacial score (nSPS) is 10.9. The first-order valence-corrected chi connectivity index (χ1v) is 7.30. The molecule has 120 valence electrons. The maximum Gasteiger partial charge on any atom is 0.224 e. The van der Waals surface area contributed by atoms with Gasteiger partial charge in [0.05, 0.1) is 32.0 Å². The zero-order valence-corrected chi connectivity index (χ0v) is 13.3. The van der Waals surface area contributed by atoms with Crippen molar-refractivity contribution in [1.82, 2.24) is 10.3 Å². The highest BCUT2D eigenvalue weighted by atomic mass is 16.5. The van der Waals surface area contributed by atoms with Crippen LogP contribution in [0.5, 0.6) is 5.75 Å². The number of rotatable bonds is 5. The topological polar surface area (TPSA) is 77.5 Å². The SMILES string of the molecule is COc1ccc2c(CC(=O)NCc3nc(C)c(C)o3)coc2c1. The van der Waals surface area contributed by atoms with Crippen LogP contribution in [0.3, 0.4) is 0 Å². The van der Waals surface area contributed by atoms with Crippen LogP contribution >= 0.6 is 0 Å². The van der Waals surface area contributed by atoms with E-state index < -0.39 is 0 Å². The predicted octanol–water partition coefficient (Wildman–Crippen LogP) is 2.91. The van der Waals surface area contributed by atoms with Crippen LogP contribution in [0.15, 0.2) is 33.3 Å². The molecule has 0 saturated carbocycles. The zero-order valence-electron chi connectivity index (χ0n) is 13.3. The van der Waals surface area contributed by atoms with Gasteiger partial charge in [0, 0.05) is 17.0 Å². The molecule has 6 nitrogen and oxygen atoms in total. The molecule has 0 aliphatic carbocycles. The van der Waals surface area contributed by atoms with Crippen LogP contribution in [-0.4, -0.2) is 18.0 Å². The van der Waals surface area contributed by atoms with Crippen LogP contribution in [-0.2, 0) is 17.8 Å². The summed E-state index contributed by atoms with van der Waals surface area (Å²) in [5.74, 6) is 1.88. The van der Waals surface area contributed by atoms with Crippen molar-refractivity contribution in [3.05, 3.63) is 47.4 Å². The van der Waals surface area contributed by atoms with E-state index in [1.54, 1.807) is 19.4 Å². The summed E-state index contributed by atoms with van der Waals surface area (Å²) in [7, 11) is 1.60. The highest BCUT2D eigenvalue weighted by Crippen LogP contribution is 2.25. The molecule has 0 bridgehead atoms. The highest BCUT2D eigenvalue weighted by molar-refractivity contribution is 5.88. The summed E-state index contributed by atoms with van der Waals surface area (Å²) in [6, 6.07) is 5.54. The summed E-state index contributed by atoms with van der Waals surface area (Å²) in [6.45, 7) is 3.99. The summed E-state index contributed by atoms with van der Waals surface area (Å²) in [5.41, 5.74) is 2.37. The van der Waals surface area contributed by atoms with Gasteiger partial charge in [-0.2, -0.15) is 0 Å². The van der Waals surface area contributed by atoms with Crippen molar-refractivity contribution < 1.29 is 18.4 Å². The summed E-state index contributed by atoms with van der Waals surface area (Å²) < 4.78 is 16.1. The van der Waals surface area contributed by atoms with Crippen LogP contribution in [0.4, 0.5) is 0 Å². The molecule has 0 aliphatic rings. The molecule has 3 rings (SSSR count). The van der Waals surface area contributed by atoms with E-state index in [1.807, 2.05) is 26.0 Å². The Morgan fingerprint density at radius 1 is 1.35 bits per heavy atom. The average Bonchev–Trinajstić information content (AvgIpc) is 3.08. The Labute approximate surface area is 133 Å². The number of aryl methyl sites for hydroxylation is 2. The lowest BCUT2D eigenvalue weighted by Gasteiger charge is -2.02. The Hall–Kier alpha value is -2.76. The van der Waals surface area contributed by atoms with E-state index in [2.05, 4.69) is 10.3 Å². The molecule has 1 aromatic carbocycles. The number of carbonyl (C=O) groups is 1. The Kier molecular flexibility index (Phi) is 4.06. The molecule has 3 aromatic rings. The fraction of sp³-hybridized carbons (Fsp3) is 0.294. The second-order valence-electron chi connectivity index (χ2n) is 5.33. The molecule has 0 atom stereocenters. The van der Waals surface area contributed by atoms with Gasteiger partial charge in [0.2, 0.25) is 11.8 Å². The third-order valence-electron chi connectivity index (χ3n) is 3.72. The number of amides is 1. The van der Waals surface area contributed by atoms with Gasteiger partial charge in [-0.05, 0) is 26.0 Å². The molecule has 0 spiro atoms. The maximum atomic E-state index is 12.1. The van der Waals surface area contributed by atoms with Gasteiger partial charge in [0.25, 0.3) is 0 Å². The predicted molar refractivity (Wildman–Crippen MR) is 84.3 cm³/mol. The largest absolute Gasteiger partial charge is 0.497 e. The van der Waals surface area contributed by atoms with Crippen molar-refractivity contribution in [2.45, 2.75) is 26.8 Å². The number of oxazole rings is 1. The molecule has 0 radical (unpaired) electrons. The molecule has 0 unspecified atom stereocenters. The second kappa shape index (κ2) is 6.16. The van der Waals surface area contributed by atoms with E-state index in [0.717, 1.165) is 28.2 Å². The Bertz CT molecular complexity index is 828. The smallest absolute Gasteiger partial charge is 0.224 e. The van der Waals surface area contributed by atoms with Crippen LogP contribution in [0, 0.1) is 13.8 Å². The number of furan rings is 1. The lowest BCUT2D eigenvalue weighted by molar-refractivity contribution is -0.120. The van der Waals surface area contributed by atoms with Gasteiger partial charge in [-0.1, -0.05) is 0 Å². The van der Waals surface area contributed by atoms with Crippen LogP contribution < -0.4 is 10.1 Å². The van der Waals surface area contributed by atoms with Crippen molar-refractivity contribution in [2.75, 3.05) is 7.11 Å². The first-order valence-electron chi connectivity index (χ1n) is 7.30. The van der Waals surface area contributed by atoms with E-state index in [4.69, 9.17) is 13.6 Å². The molecule has 2 aromatic heterocycles. The summed E-state index contributed by atoms with van der Waals surface area (Å²) >= 11 is 0. The highest BCUT2D eigenvalue weighted by Gasteiger charge is 2.12. The van der Waals surface area contributed by atoms with Gasteiger partial charge in [-0.25, -0.2) is 4.98 Å². The Morgan fingerprint density at radius 2 is 2.17 bits per heavy atom. The average molecular weight is 314 g/mol.